The quantitative estimate of drug-likeness (QED) is 0.719. The number of carbonyl (C=O) groups is 1. The van der Waals surface area contributed by atoms with Gasteiger partial charge in [-0.3, -0.25) is 9.69 Å². The second-order valence-corrected chi connectivity index (χ2v) is 7.89. The largest absolute Gasteiger partial charge is 0.482 e. The van der Waals surface area contributed by atoms with E-state index in [0.29, 0.717) is 15.8 Å². The molecule has 1 heterocycles. The lowest BCUT2D eigenvalue weighted by Crippen LogP contribution is -2.45. The molecule has 7 heteroatoms. The van der Waals surface area contributed by atoms with Gasteiger partial charge in [0.05, 0.1) is 5.02 Å². The fourth-order valence-corrected chi connectivity index (χ4v) is 3.54. The maximum atomic E-state index is 12.1. The predicted octanol–water partition coefficient (Wildman–Crippen LogP) is 4.81. The Morgan fingerprint density at radius 3 is 2.41 bits per heavy atom. The monoisotopic (exact) mass is 426 g/mol. The highest BCUT2D eigenvalue weighted by atomic mass is 35.5. The third kappa shape index (κ3) is 6.28. The first-order chi connectivity index (χ1) is 13.0. The number of likely N-dealkylation sites (tertiary alicyclic amines) is 1. The molecule has 0 unspecified atom stereocenters. The smallest absolute Gasteiger partial charge is 0.258 e. The number of hydrogen-bond donors (Lipinski definition) is 1. The van der Waals surface area contributed by atoms with E-state index in [1.165, 1.54) is 5.56 Å². The molecule has 0 bridgehead atoms. The Labute approximate surface area is 174 Å². The third-order valence-corrected chi connectivity index (χ3v) is 5.32. The Bertz CT molecular complexity index is 775. The van der Waals surface area contributed by atoms with E-state index in [1.54, 1.807) is 18.2 Å². The van der Waals surface area contributed by atoms with Crippen molar-refractivity contribution in [1.29, 1.82) is 0 Å². The lowest BCUT2D eigenvalue weighted by molar-refractivity contribution is -0.124. The number of piperidine rings is 1. The Hall–Kier alpha value is -1.46. The molecule has 1 amide bonds. The lowest BCUT2D eigenvalue weighted by atomic mass is 10.0. The first kappa shape index (κ1) is 20.3. The summed E-state index contributed by atoms with van der Waals surface area (Å²) in [5.41, 5.74) is 1.24. The van der Waals surface area contributed by atoms with Crippen molar-refractivity contribution >= 4 is 40.7 Å². The molecule has 2 aromatic rings. The summed E-state index contributed by atoms with van der Waals surface area (Å²) < 4.78 is 5.48. The normalized spacial score (nSPS) is 15.5. The fraction of sp³-hybridized carbons (Fsp3) is 0.350. The molecule has 0 aromatic heterocycles. The zero-order valence-electron chi connectivity index (χ0n) is 14.8. The van der Waals surface area contributed by atoms with Gasteiger partial charge in [0.1, 0.15) is 5.75 Å². The molecule has 1 fully saturated rings. The highest BCUT2D eigenvalue weighted by Crippen LogP contribution is 2.27. The summed E-state index contributed by atoms with van der Waals surface area (Å²) in [5.74, 6) is 0.263. The number of benzene rings is 2. The van der Waals surface area contributed by atoms with Crippen molar-refractivity contribution in [3.8, 4) is 5.75 Å². The topological polar surface area (TPSA) is 41.6 Å². The molecule has 1 N–H and O–H groups in total. The standard InChI is InChI=1S/C20H21Cl3N2O2/c21-15-3-1-14(2-4-15)12-25-9-7-17(8-10-25)24-20(26)13-27-19-11-16(22)5-6-18(19)23/h1-6,11,17H,7-10,12-13H2,(H,24,26). The van der Waals surface area contributed by atoms with Crippen LogP contribution in [0.15, 0.2) is 42.5 Å². The molecule has 27 heavy (non-hydrogen) atoms. The van der Waals surface area contributed by atoms with Crippen LogP contribution in [-0.4, -0.2) is 36.5 Å². The minimum Gasteiger partial charge on any atom is -0.482 e. The predicted molar refractivity (Wildman–Crippen MR) is 110 cm³/mol. The summed E-state index contributed by atoms with van der Waals surface area (Å²) in [7, 11) is 0. The van der Waals surface area contributed by atoms with Crippen molar-refractivity contribution in [3.05, 3.63) is 63.1 Å². The van der Waals surface area contributed by atoms with E-state index in [0.717, 1.165) is 37.5 Å². The van der Waals surface area contributed by atoms with Crippen molar-refractivity contribution in [1.82, 2.24) is 10.2 Å². The molecule has 1 saturated heterocycles. The van der Waals surface area contributed by atoms with E-state index >= 15 is 0 Å². The number of ether oxygens (including phenoxy) is 1. The summed E-state index contributed by atoms with van der Waals surface area (Å²) in [6, 6.07) is 13.0. The molecule has 2 aromatic carbocycles. The first-order valence-electron chi connectivity index (χ1n) is 8.83. The maximum Gasteiger partial charge on any atom is 0.258 e. The van der Waals surface area contributed by atoms with E-state index < -0.39 is 0 Å². The van der Waals surface area contributed by atoms with Gasteiger partial charge in [0.25, 0.3) is 5.91 Å². The molecule has 0 atom stereocenters. The van der Waals surface area contributed by atoms with Crippen LogP contribution >= 0.6 is 34.8 Å². The van der Waals surface area contributed by atoms with Gasteiger partial charge in [-0.25, -0.2) is 0 Å². The van der Waals surface area contributed by atoms with E-state index in [9.17, 15) is 4.79 Å². The highest BCUT2D eigenvalue weighted by Gasteiger charge is 2.21. The number of carbonyl (C=O) groups excluding carboxylic acids is 1. The average molecular weight is 428 g/mol. The van der Waals surface area contributed by atoms with Gasteiger partial charge in [-0.05, 0) is 42.7 Å². The molecular weight excluding hydrogens is 407 g/mol. The van der Waals surface area contributed by atoms with Gasteiger partial charge in [-0.1, -0.05) is 46.9 Å². The molecule has 1 aliphatic heterocycles. The lowest BCUT2D eigenvalue weighted by Gasteiger charge is -2.32. The molecule has 0 saturated carbocycles. The summed E-state index contributed by atoms with van der Waals surface area (Å²) in [6.07, 6.45) is 1.83. The van der Waals surface area contributed by atoms with Crippen LogP contribution < -0.4 is 10.1 Å². The van der Waals surface area contributed by atoms with E-state index in [-0.39, 0.29) is 18.6 Å². The van der Waals surface area contributed by atoms with Crippen molar-refractivity contribution < 1.29 is 9.53 Å². The third-order valence-electron chi connectivity index (χ3n) is 4.52. The van der Waals surface area contributed by atoms with Crippen LogP contribution in [-0.2, 0) is 11.3 Å². The van der Waals surface area contributed by atoms with Crippen LogP contribution in [0, 0.1) is 0 Å². The summed E-state index contributed by atoms with van der Waals surface area (Å²) >= 11 is 17.9. The zero-order chi connectivity index (χ0) is 19.2. The van der Waals surface area contributed by atoms with Crippen LogP contribution in [0.4, 0.5) is 0 Å². The van der Waals surface area contributed by atoms with Gasteiger partial charge in [0.2, 0.25) is 0 Å². The second-order valence-electron chi connectivity index (χ2n) is 6.61. The van der Waals surface area contributed by atoms with Crippen LogP contribution in [0.5, 0.6) is 5.75 Å². The molecular formula is C20H21Cl3N2O2. The number of hydrogen-bond acceptors (Lipinski definition) is 3. The van der Waals surface area contributed by atoms with Gasteiger partial charge in [-0.2, -0.15) is 0 Å². The van der Waals surface area contributed by atoms with Gasteiger partial charge >= 0.3 is 0 Å². The van der Waals surface area contributed by atoms with E-state index in [4.69, 9.17) is 39.5 Å². The Morgan fingerprint density at radius 2 is 1.70 bits per heavy atom. The van der Waals surface area contributed by atoms with Gasteiger partial charge in [-0.15, -0.1) is 0 Å². The average Bonchev–Trinajstić information content (AvgIpc) is 2.66. The summed E-state index contributed by atoms with van der Waals surface area (Å²) in [6.45, 7) is 2.70. The molecule has 4 nitrogen and oxygen atoms in total. The second kappa shape index (κ2) is 9.65. The van der Waals surface area contributed by atoms with Gasteiger partial charge in [0, 0.05) is 41.8 Å². The fourth-order valence-electron chi connectivity index (χ4n) is 3.08. The molecule has 3 rings (SSSR count). The van der Waals surface area contributed by atoms with Crippen molar-refractivity contribution in [2.75, 3.05) is 19.7 Å². The van der Waals surface area contributed by atoms with Crippen molar-refractivity contribution in [2.45, 2.75) is 25.4 Å². The molecule has 1 aliphatic rings. The van der Waals surface area contributed by atoms with Crippen LogP contribution in [0.1, 0.15) is 18.4 Å². The number of nitrogens with zero attached hydrogens (tertiary/aromatic N) is 1. The van der Waals surface area contributed by atoms with Crippen molar-refractivity contribution in [2.24, 2.45) is 0 Å². The molecule has 0 aliphatic carbocycles. The zero-order valence-corrected chi connectivity index (χ0v) is 17.0. The molecule has 0 radical (unpaired) electrons. The SMILES string of the molecule is O=C(COc1cc(Cl)ccc1Cl)NC1CCN(Cc2ccc(Cl)cc2)CC1. The van der Waals surface area contributed by atoms with Gasteiger partial charge < -0.3 is 10.1 Å². The highest BCUT2D eigenvalue weighted by molar-refractivity contribution is 6.34. The summed E-state index contributed by atoms with van der Waals surface area (Å²) in [4.78, 5) is 14.5. The Morgan fingerprint density at radius 1 is 1.04 bits per heavy atom. The number of amides is 1. The number of halogens is 3. The van der Waals surface area contributed by atoms with Gasteiger partial charge in [0.15, 0.2) is 6.61 Å². The van der Waals surface area contributed by atoms with E-state index in [1.807, 2.05) is 12.1 Å². The Balaban J connectivity index is 1.40. The minimum absolute atomic E-state index is 0.0783. The van der Waals surface area contributed by atoms with Crippen LogP contribution in [0.25, 0.3) is 0 Å². The summed E-state index contributed by atoms with van der Waals surface area (Å²) in [5, 5.41) is 4.73. The van der Waals surface area contributed by atoms with Crippen molar-refractivity contribution in [3.63, 3.8) is 0 Å². The first-order valence-corrected chi connectivity index (χ1v) is 9.97. The Kier molecular flexibility index (Phi) is 7.25. The number of nitrogens with one attached hydrogen (secondary N) is 1. The minimum atomic E-state index is -0.151. The van der Waals surface area contributed by atoms with E-state index in [2.05, 4.69) is 22.3 Å². The molecule has 0 spiro atoms. The molecule has 144 valence electrons. The number of rotatable bonds is 6. The van der Waals surface area contributed by atoms with Crippen LogP contribution in [0.3, 0.4) is 0 Å². The maximum absolute atomic E-state index is 12.1. The van der Waals surface area contributed by atoms with Crippen LogP contribution in [0.2, 0.25) is 15.1 Å².